The van der Waals surface area contributed by atoms with Crippen LogP contribution >= 0.6 is 23.4 Å². The molecule has 0 bridgehead atoms. The van der Waals surface area contributed by atoms with E-state index < -0.39 is 0 Å². The number of rotatable bonds is 7. The van der Waals surface area contributed by atoms with E-state index in [1.54, 1.807) is 30.3 Å². The molecule has 0 fully saturated rings. The number of benzene rings is 3. The Kier molecular flexibility index (Phi) is 6.87. The standard InChI is InChI=1S/C24H19ClFN3O2S/c1-15(17-7-12-20(21(26)13-17)16-5-3-2-4-6-16)23-28-29-24(31-23)32-14-22(30)27-19-10-8-18(25)9-11-19/h2-13,15H,14H2,1H3,(H,27,30). The number of carbonyl (C=O) groups excluding carboxylic acids is 1. The fourth-order valence-electron chi connectivity index (χ4n) is 3.11. The molecule has 8 heteroatoms. The maximum absolute atomic E-state index is 14.7. The highest BCUT2D eigenvalue weighted by molar-refractivity contribution is 7.99. The molecule has 1 N–H and O–H groups in total. The third-order valence-electron chi connectivity index (χ3n) is 4.83. The van der Waals surface area contributed by atoms with Crippen LogP contribution in [0.25, 0.3) is 11.1 Å². The molecule has 0 aliphatic rings. The molecular formula is C24H19ClFN3O2S. The number of anilines is 1. The molecule has 0 aliphatic heterocycles. The van der Waals surface area contributed by atoms with Gasteiger partial charge in [0.2, 0.25) is 11.8 Å². The summed E-state index contributed by atoms with van der Waals surface area (Å²) < 4.78 is 20.4. The van der Waals surface area contributed by atoms with E-state index in [-0.39, 0.29) is 28.6 Å². The molecule has 1 aromatic heterocycles. The molecule has 32 heavy (non-hydrogen) atoms. The minimum Gasteiger partial charge on any atom is -0.415 e. The van der Waals surface area contributed by atoms with Crippen LogP contribution in [-0.4, -0.2) is 21.9 Å². The monoisotopic (exact) mass is 467 g/mol. The number of hydrogen-bond donors (Lipinski definition) is 1. The molecule has 0 saturated heterocycles. The zero-order valence-electron chi connectivity index (χ0n) is 17.1. The molecule has 3 aromatic carbocycles. The minimum atomic E-state index is -0.312. The lowest BCUT2D eigenvalue weighted by Crippen LogP contribution is -2.13. The van der Waals surface area contributed by atoms with Crippen molar-refractivity contribution in [3.63, 3.8) is 0 Å². The van der Waals surface area contributed by atoms with E-state index in [9.17, 15) is 9.18 Å². The molecule has 1 atom stereocenters. The number of halogens is 2. The van der Waals surface area contributed by atoms with E-state index in [1.165, 1.54) is 6.07 Å². The number of amides is 1. The van der Waals surface area contributed by atoms with Crippen LogP contribution < -0.4 is 5.32 Å². The number of nitrogens with one attached hydrogen (secondary N) is 1. The maximum Gasteiger partial charge on any atom is 0.277 e. The molecule has 4 rings (SSSR count). The number of carbonyl (C=O) groups is 1. The third kappa shape index (κ3) is 5.36. The largest absolute Gasteiger partial charge is 0.415 e. The van der Waals surface area contributed by atoms with Crippen LogP contribution in [0, 0.1) is 5.82 Å². The highest BCUT2D eigenvalue weighted by atomic mass is 35.5. The fourth-order valence-corrected chi connectivity index (χ4v) is 3.80. The van der Waals surface area contributed by atoms with Gasteiger partial charge in [0.25, 0.3) is 5.22 Å². The first kappa shape index (κ1) is 22.0. The van der Waals surface area contributed by atoms with Crippen molar-refractivity contribution < 1.29 is 13.6 Å². The van der Waals surface area contributed by atoms with E-state index >= 15 is 0 Å². The van der Waals surface area contributed by atoms with Crippen molar-refractivity contribution in [3.05, 3.63) is 95.1 Å². The van der Waals surface area contributed by atoms with Crippen LogP contribution in [-0.2, 0) is 4.79 Å². The van der Waals surface area contributed by atoms with Gasteiger partial charge in [-0.2, -0.15) is 0 Å². The minimum absolute atomic E-state index is 0.110. The molecule has 4 aromatic rings. The van der Waals surface area contributed by atoms with Crippen LogP contribution in [0.2, 0.25) is 5.02 Å². The van der Waals surface area contributed by atoms with Crippen molar-refractivity contribution in [3.8, 4) is 11.1 Å². The lowest BCUT2D eigenvalue weighted by Gasteiger charge is -2.10. The van der Waals surface area contributed by atoms with Gasteiger partial charge in [-0.15, -0.1) is 10.2 Å². The molecule has 1 amide bonds. The van der Waals surface area contributed by atoms with Gasteiger partial charge in [0.1, 0.15) is 5.82 Å². The summed E-state index contributed by atoms with van der Waals surface area (Å²) in [4.78, 5) is 12.1. The molecule has 0 saturated carbocycles. The van der Waals surface area contributed by atoms with Gasteiger partial charge >= 0.3 is 0 Å². The highest BCUT2D eigenvalue weighted by Crippen LogP contribution is 2.30. The van der Waals surface area contributed by atoms with Crippen LogP contribution in [0.3, 0.4) is 0 Å². The summed E-state index contributed by atoms with van der Waals surface area (Å²) in [6, 6.07) is 21.3. The summed E-state index contributed by atoms with van der Waals surface area (Å²) in [6.45, 7) is 1.87. The lowest BCUT2D eigenvalue weighted by atomic mass is 9.97. The van der Waals surface area contributed by atoms with Crippen LogP contribution in [0.4, 0.5) is 10.1 Å². The quantitative estimate of drug-likeness (QED) is 0.318. The van der Waals surface area contributed by atoms with Crippen molar-refractivity contribution in [1.29, 1.82) is 0 Å². The predicted molar refractivity (Wildman–Crippen MR) is 124 cm³/mol. The van der Waals surface area contributed by atoms with Crippen LogP contribution in [0.5, 0.6) is 0 Å². The molecule has 162 valence electrons. The van der Waals surface area contributed by atoms with Gasteiger partial charge in [-0.3, -0.25) is 4.79 Å². The Morgan fingerprint density at radius 2 is 1.84 bits per heavy atom. The SMILES string of the molecule is CC(c1ccc(-c2ccccc2)c(F)c1)c1nnc(SCC(=O)Nc2ccc(Cl)cc2)o1. The second-order valence-electron chi connectivity index (χ2n) is 7.08. The fraction of sp³-hybridized carbons (Fsp3) is 0.125. The first-order valence-corrected chi connectivity index (χ1v) is 11.2. The summed E-state index contributed by atoms with van der Waals surface area (Å²) >= 11 is 6.98. The second-order valence-corrected chi connectivity index (χ2v) is 8.44. The van der Waals surface area contributed by atoms with Crippen molar-refractivity contribution >= 4 is 35.0 Å². The average Bonchev–Trinajstić information content (AvgIpc) is 3.28. The van der Waals surface area contributed by atoms with Crippen molar-refractivity contribution in [2.24, 2.45) is 0 Å². The summed E-state index contributed by atoms with van der Waals surface area (Å²) in [5, 5.41) is 11.7. The topological polar surface area (TPSA) is 68.0 Å². The zero-order valence-corrected chi connectivity index (χ0v) is 18.7. The summed E-state index contributed by atoms with van der Waals surface area (Å²) in [5.41, 5.74) is 2.73. The van der Waals surface area contributed by atoms with E-state index in [2.05, 4.69) is 15.5 Å². The Hall–Kier alpha value is -3.16. The van der Waals surface area contributed by atoms with E-state index in [0.29, 0.717) is 22.2 Å². The van der Waals surface area contributed by atoms with E-state index in [4.69, 9.17) is 16.0 Å². The van der Waals surface area contributed by atoms with Gasteiger partial charge < -0.3 is 9.73 Å². The van der Waals surface area contributed by atoms with Crippen molar-refractivity contribution in [2.45, 2.75) is 18.1 Å². The van der Waals surface area contributed by atoms with Gasteiger partial charge in [-0.05, 0) is 48.4 Å². The van der Waals surface area contributed by atoms with Crippen molar-refractivity contribution in [2.75, 3.05) is 11.1 Å². The highest BCUT2D eigenvalue weighted by Gasteiger charge is 2.19. The molecule has 0 spiro atoms. The van der Waals surface area contributed by atoms with Crippen molar-refractivity contribution in [1.82, 2.24) is 10.2 Å². The molecule has 0 aliphatic carbocycles. The molecule has 1 unspecified atom stereocenters. The first-order valence-electron chi connectivity index (χ1n) is 9.86. The summed E-state index contributed by atoms with van der Waals surface area (Å²) in [5.74, 6) is -0.340. The Morgan fingerprint density at radius 1 is 1.09 bits per heavy atom. The Bertz CT molecular complexity index is 1220. The third-order valence-corrected chi connectivity index (χ3v) is 5.90. The van der Waals surface area contributed by atoms with Crippen LogP contribution in [0.15, 0.2) is 82.4 Å². The second kappa shape index (κ2) is 9.97. The maximum atomic E-state index is 14.7. The smallest absolute Gasteiger partial charge is 0.277 e. The van der Waals surface area contributed by atoms with Gasteiger partial charge in [0.05, 0.1) is 11.7 Å². The van der Waals surface area contributed by atoms with E-state index in [1.807, 2.05) is 43.3 Å². The summed E-state index contributed by atoms with van der Waals surface area (Å²) in [7, 11) is 0. The predicted octanol–water partition coefficient (Wildman–Crippen LogP) is 6.41. The molecule has 0 radical (unpaired) electrons. The molecular weight excluding hydrogens is 449 g/mol. The van der Waals surface area contributed by atoms with Gasteiger partial charge in [0, 0.05) is 16.3 Å². The van der Waals surface area contributed by atoms with Crippen LogP contribution in [0.1, 0.15) is 24.3 Å². The zero-order chi connectivity index (χ0) is 22.5. The number of thioether (sulfide) groups is 1. The first-order chi connectivity index (χ1) is 15.5. The normalized spacial score (nSPS) is 11.8. The number of hydrogen-bond acceptors (Lipinski definition) is 5. The Labute approximate surface area is 194 Å². The molecule has 5 nitrogen and oxygen atoms in total. The number of nitrogens with zero attached hydrogens (tertiary/aromatic N) is 2. The van der Waals surface area contributed by atoms with Gasteiger partial charge in [-0.1, -0.05) is 65.8 Å². The molecule has 1 heterocycles. The lowest BCUT2D eigenvalue weighted by molar-refractivity contribution is -0.113. The number of aromatic nitrogens is 2. The van der Waals surface area contributed by atoms with Gasteiger partial charge in [-0.25, -0.2) is 4.39 Å². The Morgan fingerprint density at radius 3 is 2.56 bits per heavy atom. The average molecular weight is 468 g/mol. The Balaban J connectivity index is 1.38. The summed E-state index contributed by atoms with van der Waals surface area (Å²) in [6.07, 6.45) is 0. The van der Waals surface area contributed by atoms with E-state index in [0.717, 1.165) is 22.9 Å². The van der Waals surface area contributed by atoms with Gasteiger partial charge in [0.15, 0.2) is 0 Å².